The van der Waals surface area contributed by atoms with Crippen molar-refractivity contribution in [3.8, 4) is 0 Å². The Morgan fingerprint density at radius 2 is 1.68 bits per heavy atom. The molecule has 0 spiro atoms. The number of amides is 1. The molecule has 110 valence electrons. The zero-order valence-electron chi connectivity index (χ0n) is 12.6. The van der Waals surface area contributed by atoms with Gasteiger partial charge >= 0.3 is 5.97 Å². The van der Waals surface area contributed by atoms with Crippen LogP contribution in [-0.2, 0) is 9.59 Å². The number of carboxylic acid groups (broad SMARTS) is 1. The molecular formula is C15H27NO3. The molecule has 0 heterocycles. The largest absolute Gasteiger partial charge is 0.481 e. The molecule has 1 atom stereocenters. The molecule has 0 radical (unpaired) electrons. The van der Waals surface area contributed by atoms with Gasteiger partial charge in [-0.2, -0.15) is 0 Å². The highest BCUT2D eigenvalue weighted by atomic mass is 16.4. The summed E-state index contributed by atoms with van der Waals surface area (Å²) in [7, 11) is 1.78. The van der Waals surface area contributed by atoms with Gasteiger partial charge < -0.3 is 10.0 Å². The molecule has 1 rings (SSSR count). The average molecular weight is 269 g/mol. The van der Waals surface area contributed by atoms with Crippen LogP contribution in [0.15, 0.2) is 0 Å². The van der Waals surface area contributed by atoms with Crippen molar-refractivity contribution in [2.24, 2.45) is 11.3 Å². The summed E-state index contributed by atoms with van der Waals surface area (Å²) in [5.74, 6) is -0.460. The number of rotatable bonds is 5. The minimum atomic E-state index is -0.819. The Balaban J connectivity index is 2.74. The summed E-state index contributed by atoms with van der Waals surface area (Å²) in [5, 5.41) is 9.50. The van der Waals surface area contributed by atoms with E-state index in [0.717, 1.165) is 19.3 Å². The van der Waals surface area contributed by atoms with Crippen molar-refractivity contribution in [1.29, 1.82) is 0 Å². The second-order valence-electron chi connectivity index (χ2n) is 6.31. The molecule has 1 saturated carbocycles. The quantitative estimate of drug-likeness (QED) is 0.835. The summed E-state index contributed by atoms with van der Waals surface area (Å²) in [5.41, 5.74) is -0.819. The molecule has 0 saturated heterocycles. The molecule has 1 fully saturated rings. The van der Waals surface area contributed by atoms with E-state index in [0.29, 0.717) is 18.8 Å². The van der Waals surface area contributed by atoms with Gasteiger partial charge in [0.1, 0.15) is 0 Å². The van der Waals surface area contributed by atoms with Crippen LogP contribution < -0.4 is 0 Å². The predicted molar refractivity (Wildman–Crippen MR) is 74.8 cm³/mol. The Morgan fingerprint density at radius 1 is 1.16 bits per heavy atom. The van der Waals surface area contributed by atoms with Gasteiger partial charge in [0.15, 0.2) is 0 Å². The van der Waals surface area contributed by atoms with Crippen LogP contribution in [0.25, 0.3) is 0 Å². The second-order valence-corrected chi connectivity index (χ2v) is 6.31. The predicted octanol–water partition coefficient (Wildman–Crippen LogP) is 2.91. The third kappa shape index (κ3) is 3.71. The lowest BCUT2D eigenvalue weighted by Gasteiger charge is -2.36. The fourth-order valence-corrected chi connectivity index (χ4v) is 2.78. The van der Waals surface area contributed by atoms with Crippen molar-refractivity contribution < 1.29 is 14.7 Å². The van der Waals surface area contributed by atoms with Gasteiger partial charge in [0.2, 0.25) is 5.91 Å². The lowest BCUT2D eigenvalue weighted by Crippen LogP contribution is -2.43. The monoisotopic (exact) mass is 269 g/mol. The highest BCUT2D eigenvalue weighted by molar-refractivity contribution is 5.85. The van der Waals surface area contributed by atoms with Crippen LogP contribution in [-0.4, -0.2) is 35.0 Å². The molecule has 1 amide bonds. The first-order valence-electron chi connectivity index (χ1n) is 7.29. The van der Waals surface area contributed by atoms with E-state index in [1.165, 1.54) is 0 Å². The van der Waals surface area contributed by atoms with Gasteiger partial charge in [-0.25, -0.2) is 0 Å². The Kier molecular flexibility index (Phi) is 5.39. The molecule has 0 aliphatic heterocycles. The highest BCUT2D eigenvalue weighted by Crippen LogP contribution is 2.40. The van der Waals surface area contributed by atoms with Crippen molar-refractivity contribution in [3.63, 3.8) is 0 Å². The molecule has 1 unspecified atom stereocenters. The smallest absolute Gasteiger partial charge is 0.310 e. The molecule has 0 bridgehead atoms. The van der Waals surface area contributed by atoms with Gasteiger partial charge in [-0.1, -0.05) is 33.1 Å². The fourth-order valence-electron chi connectivity index (χ4n) is 2.78. The van der Waals surface area contributed by atoms with Crippen molar-refractivity contribution in [2.75, 3.05) is 7.05 Å². The van der Waals surface area contributed by atoms with Gasteiger partial charge in [-0.15, -0.1) is 0 Å². The first-order valence-corrected chi connectivity index (χ1v) is 7.29. The SMILES string of the molecule is CC(C)C(C)N(C)C(=O)CC1(C(=O)O)CCCCC1. The Bertz CT molecular complexity index is 332. The van der Waals surface area contributed by atoms with Crippen LogP contribution in [0.5, 0.6) is 0 Å². The minimum absolute atomic E-state index is 0.0366. The van der Waals surface area contributed by atoms with Crippen molar-refractivity contribution in [2.45, 2.75) is 65.3 Å². The minimum Gasteiger partial charge on any atom is -0.481 e. The summed E-state index contributed by atoms with van der Waals surface area (Å²) in [6.07, 6.45) is 4.35. The molecule has 4 heteroatoms. The van der Waals surface area contributed by atoms with E-state index in [2.05, 4.69) is 13.8 Å². The Labute approximate surface area is 116 Å². The zero-order valence-corrected chi connectivity index (χ0v) is 12.6. The van der Waals surface area contributed by atoms with Crippen LogP contribution in [0.3, 0.4) is 0 Å². The molecule has 19 heavy (non-hydrogen) atoms. The summed E-state index contributed by atoms with van der Waals surface area (Å²) >= 11 is 0. The van der Waals surface area contributed by atoms with Gasteiger partial charge in [-0.05, 0) is 25.7 Å². The van der Waals surface area contributed by atoms with E-state index in [9.17, 15) is 14.7 Å². The molecule has 0 aromatic rings. The van der Waals surface area contributed by atoms with E-state index < -0.39 is 11.4 Å². The van der Waals surface area contributed by atoms with E-state index in [4.69, 9.17) is 0 Å². The Hall–Kier alpha value is -1.06. The van der Waals surface area contributed by atoms with Crippen LogP contribution in [0.4, 0.5) is 0 Å². The van der Waals surface area contributed by atoms with E-state index in [1.54, 1.807) is 11.9 Å². The summed E-state index contributed by atoms with van der Waals surface area (Å²) in [6.45, 7) is 6.15. The molecule has 0 aromatic heterocycles. The lowest BCUT2D eigenvalue weighted by atomic mass is 9.71. The van der Waals surface area contributed by atoms with Gasteiger partial charge in [0.05, 0.1) is 5.41 Å². The maximum atomic E-state index is 12.3. The van der Waals surface area contributed by atoms with Gasteiger partial charge in [-0.3, -0.25) is 9.59 Å². The number of carbonyl (C=O) groups excluding carboxylic acids is 1. The third-order valence-electron chi connectivity index (χ3n) is 4.72. The molecule has 1 aliphatic carbocycles. The van der Waals surface area contributed by atoms with Crippen LogP contribution in [0.2, 0.25) is 0 Å². The number of hydrogen-bond acceptors (Lipinski definition) is 2. The highest BCUT2D eigenvalue weighted by Gasteiger charge is 2.42. The normalized spacial score (nSPS) is 20.1. The number of hydrogen-bond donors (Lipinski definition) is 1. The maximum Gasteiger partial charge on any atom is 0.310 e. The van der Waals surface area contributed by atoms with Gasteiger partial charge in [0.25, 0.3) is 0 Å². The zero-order chi connectivity index (χ0) is 14.6. The van der Waals surface area contributed by atoms with E-state index in [-0.39, 0.29) is 18.4 Å². The molecular weight excluding hydrogens is 242 g/mol. The summed E-state index contributed by atoms with van der Waals surface area (Å²) < 4.78 is 0. The topological polar surface area (TPSA) is 57.6 Å². The van der Waals surface area contributed by atoms with E-state index in [1.807, 2.05) is 6.92 Å². The molecule has 1 N–H and O–H groups in total. The van der Waals surface area contributed by atoms with E-state index >= 15 is 0 Å². The summed E-state index contributed by atoms with van der Waals surface area (Å²) in [6, 6.07) is 0.141. The first-order chi connectivity index (χ1) is 8.80. The van der Waals surface area contributed by atoms with Crippen LogP contribution in [0.1, 0.15) is 59.3 Å². The summed E-state index contributed by atoms with van der Waals surface area (Å²) in [4.78, 5) is 25.6. The van der Waals surface area contributed by atoms with Crippen LogP contribution >= 0.6 is 0 Å². The fraction of sp³-hybridized carbons (Fsp3) is 0.867. The maximum absolute atomic E-state index is 12.3. The van der Waals surface area contributed by atoms with Crippen molar-refractivity contribution >= 4 is 11.9 Å². The van der Waals surface area contributed by atoms with Crippen LogP contribution in [0, 0.1) is 11.3 Å². The van der Waals surface area contributed by atoms with Crippen molar-refractivity contribution in [1.82, 2.24) is 4.90 Å². The molecule has 0 aromatic carbocycles. The Morgan fingerprint density at radius 3 is 2.11 bits per heavy atom. The average Bonchev–Trinajstić information content (AvgIpc) is 2.37. The number of carbonyl (C=O) groups is 2. The number of nitrogens with zero attached hydrogens (tertiary/aromatic N) is 1. The van der Waals surface area contributed by atoms with Crippen molar-refractivity contribution in [3.05, 3.63) is 0 Å². The number of aliphatic carboxylic acids is 1. The number of carboxylic acids is 1. The lowest BCUT2D eigenvalue weighted by molar-refractivity contribution is -0.156. The third-order valence-corrected chi connectivity index (χ3v) is 4.72. The molecule has 1 aliphatic rings. The second kappa shape index (κ2) is 6.40. The van der Waals surface area contributed by atoms with Gasteiger partial charge in [0, 0.05) is 19.5 Å². The first kappa shape index (κ1) is 16.0. The standard InChI is InChI=1S/C15H27NO3/c1-11(2)12(3)16(4)13(17)10-15(14(18)19)8-6-5-7-9-15/h11-12H,5-10H2,1-4H3,(H,18,19). The molecule has 4 nitrogen and oxygen atoms in total.